The minimum Gasteiger partial charge on any atom is -0.465 e. The Hall–Kier alpha value is -3.30. The average Bonchev–Trinajstić information content (AvgIpc) is 2.72. The van der Waals surface area contributed by atoms with Crippen LogP contribution in [0.15, 0.2) is 24.3 Å². The van der Waals surface area contributed by atoms with E-state index in [1.54, 1.807) is 52.0 Å². The molecule has 1 rings (SSSR count). The number of benzene rings is 1. The lowest BCUT2D eigenvalue weighted by atomic mass is 10.1. The topological polar surface area (TPSA) is 123 Å². The lowest BCUT2D eigenvalue weighted by Gasteiger charge is -2.21. The third-order valence-corrected chi connectivity index (χ3v) is 3.87. The van der Waals surface area contributed by atoms with Crippen LogP contribution in [-0.4, -0.2) is 67.9 Å². The number of ether oxygens (including phenoxy) is 3. The summed E-state index contributed by atoms with van der Waals surface area (Å²) in [5.41, 5.74) is 0.481. The van der Waals surface area contributed by atoms with Gasteiger partial charge < -0.3 is 29.7 Å². The van der Waals surface area contributed by atoms with Crippen LogP contribution in [0.25, 0.3) is 0 Å². The molecule has 31 heavy (non-hydrogen) atoms. The first kappa shape index (κ1) is 25.7. The van der Waals surface area contributed by atoms with Crippen molar-refractivity contribution in [2.45, 2.75) is 39.9 Å². The van der Waals surface area contributed by atoms with Crippen molar-refractivity contribution < 1.29 is 33.4 Å². The Labute approximate surface area is 182 Å². The minimum atomic E-state index is -0.680. The molecule has 10 heteroatoms. The second-order valence-electron chi connectivity index (χ2n) is 7.53. The fraction of sp³-hybridized carbons (Fsp3) is 0.524. The summed E-state index contributed by atoms with van der Waals surface area (Å²) in [7, 11) is 1.30. The number of nitrogens with zero attached hydrogens (tertiary/aromatic N) is 1. The first-order valence-electron chi connectivity index (χ1n) is 9.88. The van der Waals surface area contributed by atoms with Crippen molar-refractivity contribution >= 4 is 24.1 Å². The highest BCUT2D eigenvalue weighted by Crippen LogP contribution is 2.08. The molecule has 2 N–H and O–H groups in total. The summed E-state index contributed by atoms with van der Waals surface area (Å²) in [6.07, 6.45) is -1.21. The zero-order valence-corrected chi connectivity index (χ0v) is 18.6. The molecule has 0 aromatic heterocycles. The Morgan fingerprint density at radius 2 is 1.68 bits per heavy atom. The van der Waals surface area contributed by atoms with Crippen molar-refractivity contribution in [2.24, 2.45) is 0 Å². The van der Waals surface area contributed by atoms with Crippen molar-refractivity contribution in [3.63, 3.8) is 0 Å². The number of nitrogens with one attached hydrogen (secondary N) is 2. The van der Waals surface area contributed by atoms with Gasteiger partial charge in [-0.2, -0.15) is 0 Å². The zero-order chi connectivity index (χ0) is 23.4. The number of rotatable bonds is 9. The van der Waals surface area contributed by atoms with Crippen LogP contribution in [0.2, 0.25) is 0 Å². The van der Waals surface area contributed by atoms with Gasteiger partial charge in [0, 0.05) is 19.6 Å². The molecule has 172 valence electrons. The van der Waals surface area contributed by atoms with Crippen molar-refractivity contribution in [1.29, 1.82) is 0 Å². The molecule has 0 heterocycles. The van der Waals surface area contributed by atoms with Crippen molar-refractivity contribution in [2.75, 3.05) is 33.3 Å². The van der Waals surface area contributed by atoms with Crippen molar-refractivity contribution in [3.05, 3.63) is 35.4 Å². The third-order valence-electron chi connectivity index (χ3n) is 3.87. The molecule has 0 unspecified atom stereocenters. The van der Waals surface area contributed by atoms with Crippen LogP contribution in [0.3, 0.4) is 0 Å². The van der Waals surface area contributed by atoms with E-state index in [1.165, 1.54) is 12.0 Å². The van der Waals surface area contributed by atoms with E-state index in [-0.39, 0.29) is 26.2 Å². The number of esters is 1. The smallest absolute Gasteiger partial charge is 0.410 e. The quantitative estimate of drug-likeness (QED) is 0.448. The van der Waals surface area contributed by atoms with Gasteiger partial charge in [0.15, 0.2) is 0 Å². The summed E-state index contributed by atoms with van der Waals surface area (Å²) >= 11 is 0. The number of hydrogen-bond acceptors (Lipinski definition) is 7. The molecular formula is C21H31N3O7. The molecule has 0 aliphatic carbocycles. The highest BCUT2D eigenvalue weighted by molar-refractivity contribution is 5.89. The molecule has 0 bridgehead atoms. The number of likely N-dealkylation sites (N-methyl/N-ethyl adjacent to an activating group) is 1. The molecule has 10 nitrogen and oxygen atoms in total. The fourth-order valence-corrected chi connectivity index (χ4v) is 2.33. The van der Waals surface area contributed by atoms with Gasteiger partial charge in [-0.3, -0.25) is 4.79 Å². The SMILES string of the molecule is CCN(CCNC(=O)CNC(=O)OC(C)(C)C)C(=O)OCc1ccc(C(=O)OC)cc1. The van der Waals surface area contributed by atoms with E-state index < -0.39 is 29.7 Å². The Morgan fingerprint density at radius 1 is 1.03 bits per heavy atom. The molecule has 0 saturated heterocycles. The minimum absolute atomic E-state index is 0.0446. The molecule has 0 aliphatic rings. The van der Waals surface area contributed by atoms with Gasteiger partial charge in [-0.05, 0) is 45.4 Å². The van der Waals surface area contributed by atoms with Gasteiger partial charge >= 0.3 is 18.2 Å². The second kappa shape index (κ2) is 12.4. The standard InChI is InChI=1S/C21H31N3O7/c1-6-24(12-11-22-17(25)13-23-19(27)31-21(2,3)4)20(28)30-14-15-7-9-16(10-8-15)18(26)29-5/h7-10H,6,11-14H2,1-5H3,(H,22,25)(H,23,27). The highest BCUT2D eigenvalue weighted by Gasteiger charge is 2.17. The van der Waals surface area contributed by atoms with Crippen LogP contribution >= 0.6 is 0 Å². The maximum absolute atomic E-state index is 12.2. The van der Waals surface area contributed by atoms with Crippen molar-refractivity contribution in [3.8, 4) is 0 Å². The summed E-state index contributed by atoms with van der Waals surface area (Å²) in [5, 5.41) is 4.97. The molecule has 0 atom stereocenters. The Morgan fingerprint density at radius 3 is 2.23 bits per heavy atom. The summed E-state index contributed by atoms with van der Waals surface area (Å²) < 4.78 is 15.0. The lowest BCUT2D eigenvalue weighted by Crippen LogP contribution is -2.43. The number of carbonyl (C=O) groups is 4. The van der Waals surface area contributed by atoms with E-state index in [2.05, 4.69) is 15.4 Å². The van der Waals surface area contributed by atoms with E-state index in [1.807, 2.05) is 0 Å². The average molecular weight is 437 g/mol. The number of methoxy groups -OCH3 is 1. The van der Waals surface area contributed by atoms with Gasteiger partial charge in [0.1, 0.15) is 12.2 Å². The van der Waals surface area contributed by atoms with Gasteiger partial charge in [-0.1, -0.05) is 12.1 Å². The van der Waals surface area contributed by atoms with E-state index in [9.17, 15) is 19.2 Å². The van der Waals surface area contributed by atoms with Crippen molar-refractivity contribution in [1.82, 2.24) is 15.5 Å². The highest BCUT2D eigenvalue weighted by atomic mass is 16.6. The molecule has 1 aromatic rings. The van der Waals surface area contributed by atoms with E-state index in [0.717, 1.165) is 5.56 Å². The molecule has 0 aliphatic heterocycles. The molecule has 0 spiro atoms. The zero-order valence-electron chi connectivity index (χ0n) is 18.6. The Bertz CT molecular complexity index is 757. The van der Waals surface area contributed by atoms with Gasteiger partial charge in [0.05, 0.1) is 19.2 Å². The van der Waals surface area contributed by atoms with Crippen LogP contribution in [0.5, 0.6) is 0 Å². The first-order valence-corrected chi connectivity index (χ1v) is 9.88. The summed E-state index contributed by atoms with van der Waals surface area (Å²) in [6.45, 7) is 7.62. The monoisotopic (exact) mass is 437 g/mol. The van der Waals surface area contributed by atoms with Crippen LogP contribution in [0.1, 0.15) is 43.6 Å². The third kappa shape index (κ3) is 10.3. The summed E-state index contributed by atoms with van der Waals surface area (Å²) in [6, 6.07) is 6.53. The van der Waals surface area contributed by atoms with E-state index in [4.69, 9.17) is 9.47 Å². The summed E-state index contributed by atoms with van der Waals surface area (Å²) in [4.78, 5) is 48.4. The molecular weight excluding hydrogens is 406 g/mol. The Balaban J connectivity index is 2.35. The number of amides is 3. The van der Waals surface area contributed by atoms with Crippen LogP contribution in [-0.2, 0) is 25.6 Å². The van der Waals surface area contributed by atoms with Gasteiger partial charge in [0.2, 0.25) is 5.91 Å². The maximum atomic E-state index is 12.2. The molecule has 0 radical (unpaired) electrons. The first-order chi connectivity index (χ1) is 14.6. The van der Waals surface area contributed by atoms with Crippen LogP contribution in [0.4, 0.5) is 9.59 Å². The number of alkyl carbamates (subject to hydrolysis) is 1. The number of hydrogen-bond donors (Lipinski definition) is 2. The van der Waals surface area contributed by atoms with E-state index in [0.29, 0.717) is 12.1 Å². The van der Waals surface area contributed by atoms with Gasteiger partial charge in [-0.15, -0.1) is 0 Å². The molecule has 1 aromatic carbocycles. The molecule has 0 saturated carbocycles. The maximum Gasteiger partial charge on any atom is 0.410 e. The predicted molar refractivity (Wildman–Crippen MR) is 112 cm³/mol. The normalized spacial score (nSPS) is 10.6. The summed E-state index contributed by atoms with van der Waals surface area (Å²) in [5.74, 6) is -0.843. The van der Waals surface area contributed by atoms with E-state index >= 15 is 0 Å². The van der Waals surface area contributed by atoms with Crippen LogP contribution < -0.4 is 10.6 Å². The largest absolute Gasteiger partial charge is 0.465 e. The fourth-order valence-electron chi connectivity index (χ4n) is 2.33. The molecule has 3 amide bonds. The van der Waals surface area contributed by atoms with Gasteiger partial charge in [0.25, 0.3) is 0 Å². The predicted octanol–water partition coefficient (Wildman–Crippen LogP) is 2.07. The van der Waals surface area contributed by atoms with Gasteiger partial charge in [-0.25, -0.2) is 14.4 Å². The number of carbonyl (C=O) groups excluding carboxylic acids is 4. The second-order valence-corrected chi connectivity index (χ2v) is 7.53. The molecule has 0 fully saturated rings. The van der Waals surface area contributed by atoms with Crippen LogP contribution in [0, 0.1) is 0 Å². The Kier molecular flexibility index (Phi) is 10.3. The lowest BCUT2D eigenvalue weighted by molar-refractivity contribution is -0.120.